The zero-order chi connectivity index (χ0) is 20.6. The van der Waals surface area contributed by atoms with Crippen LogP contribution in [0, 0.1) is 18.3 Å². The molecule has 0 radical (unpaired) electrons. The van der Waals surface area contributed by atoms with Crippen LogP contribution in [-0.4, -0.2) is 53.4 Å². The number of Topliss-reactive ketones (excluding diaryl/α,β-unsaturated/α-hetero) is 1. The summed E-state index contributed by atoms with van der Waals surface area (Å²) in [5.74, 6) is 1.81. The van der Waals surface area contributed by atoms with Crippen LogP contribution < -0.4 is 4.90 Å². The van der Waals surface area contributed by atoms with E-state index in [4.69, 9.17) is 0 Å². The molecule has 5 nitrogen and oxygen atoms in total. The average molecular weight is 389 g/mol. The van der Waals surface area contributed by atoms with Crippen molar-refractivity contribution in [2.75, 3.05) is 37.6 Å². The second-order valence-electron chi connectivity index (χ2n) is 8.36. The second-order valence-corrected chi connectivity index (χ2v) is 8.36. The third-order valence-electron chi connectivity index (χ3n) is 6.34. The van der Waals surface area contributed by atoms with Gasteiger partial charge in [-0.3, -0.25) is 4.79 Å². The number of hydrogen-bond donors (Lipinski definition) is 0. The number of aromatic nitrogens is 2. The molecule has 28 heavy (non-hydrogen) atoms. The summed E-state index contributed by atoms with van der Waals surface area (Å²) < 4.78 is 0. The van der Waals surface area contributed by atoms with E-state index in [2.05, 4.69) is 40.5 Å². The molecule has 3 rings (SSSR count). The fraction of sp³-hybridized carbons (Fsp3) is 0.783. The number of piperidine rings is 1. The maximum atomic E-state index is 12.4. The van der Waals surface area contributed by atoms with Crippen LogP contribution in [0.25, 0.3) is 0 Å². The zero-order valence-corrected chi connectivity index (χ0v) is 18.7. The number of rotatable bonds is 8. The molecule has 1 atom stereocenters. The Labute approximate surface area is 171 Å². The monoisotopic (exact) mass is 388 g/mol. The molecule has 2 fully saturated rings. The molecule has 5 heteroatoms. The number of anilines is 1. The van der Waals surface area contributed by atoms with Crippen molar-refractivity contribution in [3.63, 3.8) is 0 Å². The number of carbonyl (C=O) groups excluding carboxylic acids is 1. The first kappa shape index (κ1) is 22.8. The lowest BCUT2D eigenvalue weighted by Crippen LogP contribution is -2.61. The van der Waals surface area contributed by atoms with Crippen LogP contribution in [0.2, 0.25) is 0 Å². The van der Waals surface area contributed by atoms with Crippen molar-refractivity contribution in [1.29, 1.82) is 0 Å². The summed E-state index contributed by atoms with van der Waals surface area (Å²) in [5, 5.41) is 0. The Kier molecular flexibility index (Phi) is 8.87. The molecule has 2 saturated heterocycles. The molecule has 1 aromatic heterocycles. The third-order valence-corrected chi connectivity index (χ3v) is 6.34. The van der Waals surface area contributed by atoms with Gasteiger partial charge >= 0.3 is 0 Å². The van der Waals surface area contributed by atoms with Gasteiger partial charge in [-0.25, -0.2) is 9.97 Å². The molecule has 3 heterocycles. The van der Waals surface area contributed by atoms with Gasteiger partial charge in [-0.15, -0.1) is 0 Å². The summed E-state index contributed by atoms with van der Waals surface area (Å²) in [4.78, 5) is 25.9. The highest BCUT2D eigenvalue weighted by molar-refractivity contribution is 5.81. The smallest absolute Gasteiger partial charge is 0.137 e. The molecule has 1 aromatic rings. The molecule has 0 N–H and O–H groups in total. The molecular weight excluding hydrogens is 348 g/mol. The molecule has 2 aliphatic rings. The van der Waals surface area contributed by atoms with Crippen molar-refractivity contribution >= 4 is 11.6 Å². The van der Waals surface area contributed by atoms with E-state index >= 15 is 0 Å². The number of hydrogen-bond acceptors (Lipinski definition) is 5. The summed E-state index contributed by atoms with van der Waals surface area (Å²) in [6, 6.07) is 0. The van der Waals surface area contributed by atoms with Gasteiger partial charge in [-0.2, -0.15) is 0 Å². The SMILES string of the molecule is CC.CCCCC(=O)C(CC)CN1CCC2(CC1)CN(c1ncncc1C)C2. The van der Waals surface area contributed by atoms with Gasteiger partial charge in [0.15, 0.2) is 0 Å². The van der Waals surface area contributed by atoms with Crippen molar-refractivity contribution in [3.8, 4) is 0 Å². The van der Waals surface area contributed by atoms with Gasteiger partial charge in [0.05, 0.1) is 0 Å². The lowest BCUT2D eigenvalue weighted by Gasteiger charge is -2.55. The van der Waals surface area contributed by atoms with Crippen LogP contribution in [0.1, 0.15) is 71.8 Å². The predicted octanol–water partition coefficient (Wildman–Crippen LogP) is 4.50. The first-order valence-corrected chi connectivity index (χ1v) is 11.3. The molecule has 2 aliphatic heterocycles. The minimum Gasteiger partial charge on any atom is -0.355 e. The molecule has 0 amide bonds. The minimum atomic E-state index is 0.233. The van der Waals surface area contributed by atoms with Gasteiger partial charge < -0.3 is 9.80 Å². The van der Waals surface area contributed by atoms with Gasteiger partial charge in [0, 0.05) is 49.1 Å². The van der Waals surface area contributed by atoms with E-state index in [-0.39, 0.29) is 5.92 Å². The van der Waals surface area contributed by atoms with Gasteiger partial charge in [-0.05, 0) is 45.7 Å². The fourth-order valence-electron chi connectivity index (χ4n) is 4.49. The first-order valence-electron chi connectivity index (χ1n) is 11.3. The van der Waals surface area contributed by atoms with E-state index in [1.54, 1.807) is 6.33 Å². The van der Waals surface area contributed by atoms with E-state index in [1.807, 2.05) is 20.0 Å². The van der Waals surface area contributed by atoms with Gasteiger partial charge in [0.25, 0.3) is 0 Å². The van der Waals surface area contributed by atoms with E-state index in [0.717, 1.165) is 69.8 Å². The van der Waals surface area contributed by atoms with Gasteiger partial charge in [0.2, 0.25) is 0 Å². The number of ketones is 1. The molecule has 1 unspecified atom stereocenters. The summed E-state index contributed by atoms with van der Waals surface area (Å²) in [5.41, 5.74) is 1.62. The Morgan fingerprint density at radius 1 is 1.21 bits per heavy atom. The number of likely N-dealkylation sites (tertiary alicyclic amines) is 1. The number of aryl methyl sites for hydroxylation is 1. The molecule has 0 aromatic carbocycles. The Morgan fingerprint density at radius 2 is 1.89 bits per heavy atom. The van der Waals surface area contributed by atoms with Crippen molar-refractivity contribution in [1.82, 2.24) is 14.9 Å². The van der Waals surface area contributed by atoms with Crippen LogP contribution >= 0.6 is 0 Å². The Hall–Kier alpha value is -1.49. The molecule has 158 valence electrons. The highest BCUT2D eigenvalue weighted by atomic mass is 16.1. The zero-order valence-electron chi connectivity index (χ0n) is 18.7. The number of carbonyl (C=O) groups is 1. The number of nitrogens with zero attached hydrogens (tertiary/aromatic N) is 4. The van der Waals surface area contributed by atoms with Crippen LogP contribution in [0.5, 0.6) is 0 Å². The second kappa shape index (κ2) is 10.9. The molecule has 0 aliphatic carbocycles. The minimum absolute atomic E-state index is 0.233. The lowest BCUT2D eigenvalue weighted by molar-refractivity contribution is -0.124. The van der Waals surface area contributed by atoms with Crippen molar-refractivity contribution in [3.05, 3.63) is 18.1 Å². The maximum absolute atomic E-state index is 12.4. The first-order chi connectivity index (χ1) is 13.6. The summed E-state index contributed by atoms with van der Waals surface area (Å²) in [6.45, 7) is 15.9. The molecule has 0 saturated carbocycles. The van der Waals surface area contributed by atoms with Gasteiger partial charge in [-0.1, -0.05) is 34.1 Å². The lowest BCUT2D eigenvalue weighted by atomic mass is 9.71. The normalized spacial score (nSPS) is 19.5. The molecule has 0 bridgehead atoms. The number of unbranched alkanes of at least 4 members (excludes halogenated alkanes) is 1. The fourth-order valence-corrected chi connectivity index (χ4v) is 4.49. The van der Waals surface area contributed by atoms with Crippen LogP contribution in [0.15, 0.2) is 12.5 Å². The van der Waals surface area contributed by atoms with Crippen LogP contribution in [0.3, 0.4) is 0 Å². The van der Waals surface area contributed by atoms with Crippen LogP contribution in [-0.2, 0) is 4.79 Å². The summed E-state index contributed by atoms with van der Waals surface area (Å²) in [6.07, 6.45) is 9.92. The summed E-state index contributed by atoms with van der Waals surface area (Å²) in [7, 11) is 0. The van der Waals surface area contributed by atoms with Crippen LogP contribution in [0.4, 0.5) is 5.82 Å². The quantitative estimate of drug-likeness (QED) is 0.656. The largest absolute Gasteiger partial charge is 0.355 e. The highest BCUT2D eigenvalue weighted by Gasteiger charge is 2.45. The van der Waals surface area contributed by atoms with Gasteiger partial charge in [0.1, 0.15) is 17.9 Å². The average Bonchev–Trinajstić information content (AvgIpc) is 2.71. The molecule has 1 spiro atoms. The highest BCUT2D eigenvalue weighted by Crippen LogP contribution is 2.42. The Morgan fingerprint density at radius 3 is 2.46 bits per heavy atom. The Balaban J connectivity index is 0.00000136. The van der Waals surface area contributed by atoms with Crippen molar-refractivity contribution < 1.29 is 4.79 Å². The van der Waals surface area contributed by atoms with E-state index < -0.39 is 0 Å². The van der Waals surface area contributed by atoms with E-state index in [0.29, 0.717) is 11.2 Å². The third kappa shape index (κ3) is 5.53. The van der Waals surface area contributed by atoms with Crippen molar-refractivity contribution in [2.24, 2.45) is 11.3 Å². The van der Waals surface area contributed by atoms with Crippen molar-refractivity contribution in [2.45, 2.75) is 73.1 Å². The van der Waals surface area contributed by atoms with E-state index in [1.165, 1.54) is 12.8 Å². The topological polar surface area (TPSA) is 49.3 Å². The maximum Gasteiger partial charge on any atom is 0.137 e. The molecular formula is C23H40N4O. The predicted molar refractivity (Wildman–Crippen MR) is 117 cm³/mol. The Bertz CT molecular complexity index is 602. The standard InChI is InChI=1S/C21H34N4O.C2H6/c1-4-6-7-19(26)18(5-2)13-24-10-8-21(9-11-24)14-25(15-21)20-17(3)12-22-16-23-20;1-2/h12,16,18H,4-11,13-15H2,1-3H3;1-2H3. The summed E-state index contributed by atoms with van der Waals surface area (Å²) >= 11 is 0. The van der Waals surface area contributed by atoms with E-state index in [9.17, 15) is 4.79 Å².